The van der Waals surface area contributed by atoms with Crippen LogP contribution in [0.25, 0.3) is 0 Å². The molecular formula is C8H15NO. The SMILES string of the molecule is CC1=COCCN1C(C)C. The van der Waals surface area contributed by atoms with E-state index in [-0.39, 0.29) is 0 Å². The Bertz CT molecular complexity index is 140. The zero-order valence-corrected chi connectivity index (χ0v) is 6.92. The van der Waals surface area contributed by atoms with Crippen molar-refractivity contribution in [1.29, 1.82) is 0 Å². The van der Waals surface area contributed by atoms with Gasteiger partial charge >= 0.3 is 0 Å². The Morgan fingerprint density at radius 1 is 1.60 bits per heavy atom. The molecule has 0 N–H and O–H groups in total. The van der Waals surface area contributed by atoms with Crippen molar-refractivity contribution in [3.8, 4) is 0 Å². The zero-order chi connectivity index (χ0) is 7.56. The Hall–Kier alpha value is -0.660. The first-order valence-electron chi connectivity index (χ1n) is 3.77. The van der Waals surface area contributed by atoms with Crippen molar-refractivity contribution in [2.75, 3.05) is 13.2 Å². The van der Waals surface area contributed by atoms with Gasteiger partial charge in [0.05, 0.1) is 6.54 Å². The lowest BCUT2D eigenvalue weighted by atomic mass is 10.3. The van der Waals surface area contributed by atoms with E-state index in [1.165, 1.54) is 5.70 Å². The highest BCUT2D eigenvalue weighted by atomic mass is 16.5. The Morgan fingerprint density at radius 2 is 2.30 bits per heavy atom. The molecule has 1 aliphatic rings. The van der Waals surface area contributed by atoms with E-state index < -0.39 is 0 Å². The molecule has 0 radical (unpaired) electrons. The van der Waals surface area contributed by atoms with E-state index in [2.05, 4.69) is 25.7 Å². The van der Waals surface area contributed by atoms with Gasteiger partial charge in [0, 0.05) is 11.7 Å². The number of hydrogen-bond acceptors (Lipinski definition) is 2. The van der Waals surface area contributed by atoms with Gasteiger partial charge in [-0.1, -0.05) is 0 Å². The van der Waals surface area contributed by atoms with Gasteiger partial charge in [-0.05, 0) is 20.8 Å². The third-order valence-electron chi connectivity index (χ3n) is 1.78. The molecule has 1 rings (SSSR count). The largest absolute Gasteiger partial charge is 0.498 e. The van der Waals surface area contributed by atoms with Gasteiger partial charge in [0.2, 0.25) is 0 Å². The molecule has 0 spiro atoms. The lowest BCUT2D eigenvalue weighted by Gasteiger charge is -2.31. The molecule has 0 aromatic heterocycles. The van der Waals surface area contributed by atoms with Crippen molar-refractivity contribution in [3.63, 3.8) is 0 Å². The lowest BCUT2D eigenvalue weighted by Crippen LogP contribution is -2.34. The molecule has 0 saturated heterocycles. The van der Waals surface area contributed by atoms with E-state index in [1.807, 2.05) is 6.26 Å². The molecule has 0 aromatic carbocycles. The molecule has 2 heteroatoms. The van der Waals surface area contributed by atoms with Gasteiger partial charge in [-0.25, -0.2) is 0 Å². The van der Waals surface area contributed by atoms with Crippen molar-refractivity contribution in [2.45, 2.75) is 26.8 Å². The third-order valence-corrected chi connectivity index (χ3v) is 1.78. The minimum Gasteiger partial charge on any atom is -0.498 e. The molecule has 0 unspecified atom stereocenters. The van der Waals surface area contributed by atoms with Crippen LogP contribution in [0.1, 0.15) is 20.8 Å². The van der Waals surface area contributed by atoms with E-state index in [0.717, 1.165) is 13.2 Å². The summed E-state index contributed by atoms with van der Waals surface area (Å²) in [4.78, 5) is 2.34. The average Bonchev–Trinajstić information content (AvgIpc) is 1.88. The van der Waals surface area contributed by atoms with Gasteiger partial charge in [0.15, 0.2) is 0 Å². The summed E-state index contributed by atoms with van der Waals surface area (Å²) in [6.45, 7) is 8.33. The van der Waals surface area contributed by atoms with Crippen LogP contribution >= 0.6 is 0 Å². The third kappa shape index (κ3) is 1.43. The second kappa shape index (κ2) is 2.95. The molecular weight excluding hydrogens is 126 g/mol. The molecule has 58 valence electrons. The van der Waals surface area contributed by atoms with Crippen LogP contribution in [0.5, 0.6) is 0 Å². The molecule has 0 fully saturated rings. The second-order valence-electron chi connectivity index (χ2n) is 2.92. The highest BCUT2D eigenvalue weighted by molar-refractivity contribution is 4.96. The maximum absolute atomic E-state index is 5.16. The first-order chi connectivity index (χ1) is 4.72. The van der Waals surface area contributed by atoms with Crippen LogP contribution in [0.3, 0.4) is 0 Å². The van der Waals surface area contributed by atoms with Gasteiger partial charge < -0.3 is 9.64 Å². The first kappa shape index (κ1) is 7.45. The zero-order valence-electron chi connectivity index (χ0n) is 6.92. The summed E-state index contributed by atoms with van der Waals surface area (Å²) in [5, 5.41) is 0. The molecule has 0 amide bonds. The number of rotatable bonds is 1. The fourth-order valence-corrected chi connectivity index (χ4v) is 1.24. The van der Waals surface area contributed by atoms with E-state index in [4.69, 9.17) is 4.74 Å². The fraction of sp³-hybridized carbons (Fsp3) is 0.750. The number of allylic oxidation sites excluding steroid dienone is 1. The van der Waals surface area contributed by atoms with E-state index in [9.17, 15) is 0 Å². The normalized spacial score (nSPS) is 18.8. The van der Waals surface area contributed by atoms with Crippen LogP contribution in [0.4, 0.5) is 0 Å². The van der Waals surface area contributed by atoms with Gasteiger partial charge in [-0.2, -0.15) is 0 Å². The Morgan fingerprint density at radius 3 is 2.70 bits per heavy atom. The maximum atomic E-state index is 5.16. The highest BCUT2D eigenvalue weighted by Crippen LogP contribution is 2.11. The summed E-state index contributed by atoms with van der Waals surface area (Å²) in [5.74, 6) is 0. The number of hydrogen-bond donors (Lipinski definition) is 0. The molecule has 10 heavy (non-hydrogen) atoms. The molecule has 2 nitrogen and oxygen atoms in total. The minimum atomic E-state index is 0.597. The fourth-order valence-electron chi connectivity index (χ4n) is 1.24. The van der Waals surface area contributed by atoms with Crippen molar-refractivity contribution in [2.24, 2.45) is 0 Å². The van der Waals surface area contributed by atoms with Gasteiger partial charge in [-0.15, -0.1) is 0 Å². The van der Waals surface area contributed by atoms with Crippen LogP contribution in [-0.2, 0) is 4.74 Å². The van der Waals surface area contributed by atoms with Crippen LogP contribution in [0.15, 0.2) is 12.0 Å². The highest BCUT2D eigenvalue weighted by Gasteiger charge is 2.12. The molecule has 0 saturated carbocycles. The Labute approximate surface area is 62.5 Å². The molecule has 0 aromatic rings. The molecule has 1 heterocycles. The molecule has 0 atom stereocenters. The Kier molecular flexibility index (Phi) is 2.20. The van der Waals surface area contributed by atoms with Crippen LogP contribution in [0, 0.1) is 0 Å². The second-order valence-corrected chi connectivity index (χ2v) is 2.92. The molecule has 0 bridgehead atoms. The smallest absolute Gasteiger partial charge is 0.105 e. The van der Waals surface area contributed by atoms with Gasteiger partial charge in [0.1, 0.15) is 12.9 Å². The Balaban J connectivity index is 2.58. The van der Waals surface area contributed by atoms with E-state index >= 15 is 0 Å². The van der Waals surface area contributed by atoms with E-state index in [0.29, 0.717) is 6.04 Å². The summed E-state index contributed by atoms with van der Waals surface area (Å²) in [6, 6.07) is 0.597. The summed E-state index contributed by atoms with van der Waals surface area (Å²) >= 11 is 0. The molecule has 0 aliphatic carbocycles. The maximum Gasteiger partial charge on any atom is 0.105 e. The van der Waals surface area contributed by atoms with Crippen molar-refractivity contribution < 1.29 is 4.74 Å². The molecule has 1 aliphatic heterocycles. The van der Waals surface area contributed by atoms with Crippen molar-refractivity contribution in [1.82, 2.24) is 4.90 Å². The standard InChI is InChI=1S/C8H15NO/c1-7(2)9-4-5-10-6-8(9)3/h6-7H,4-5H2,1-3H3. The van der Waals surface area contributed by atoms with Crippen molar-refractivity contribution >= 4 is 0 Å². The van der Waals surface area contributed by atoms with Crippen molar-refractivity contribution in [3.05, 3.63) is 12.0 Å². The van der Waals surface area contributed by atoms with E-state index in [1.54, 1.807) is 0 Å². The number of nitrogens with zero attached hydrogens (tertiary/aromatic N) is 1. The first-order valence-corrected chi connectivity index (χ1v) is 3.77. The quantitative estimate of drug-likeness (QED) is 0.550. The summed E-state index contributed by atoms with van der Waals surface area (Å²) in [6.07, 6.45) is 1.84. The van der Waals surface area contributed by atoms with Crippen LogP contribution in [0.2, 0.25) is 0 Å². The van der Waals surface area contributed by atoms with Gasteiger partial charge in [-0.3, -0.25) is 0 Å². The lowest BCUT2D eigenvalue weighted by molar-refractivity contribution is 0.139. The summed E-state index contributed by atoms with van der Waals surface area (Å²) in [5.41, 5.74) is 1.24. The summed E-state index contributed by atoms with van der Waals surface area (Å²) in [7, 11) is 0. The monoisotopic (exact) mass is 141 g/mol. The number of ether oxygens (including phenoxy) is 1. The van der Waals surface area contributed by atoms with Crippen LogP contribution < -0.4 is 0 Å². The van der Waals surface area contributed by atoms with Crippen LogP contribution in [-0.4, -0.2) is 24.1 Å². The minimum absolute atomic E-state index is 0.597. The predicted octanol–water partition coefficient (Wildman–Crippen LogP) is 1.59. The predicted molar refractivity (Wildman–Crippen MR) is 41.6 cm³/mol. The topological polar surface area (TPSA) is 12.5 Å². The van der Waals surface area contributed by atoms with Gasteiger partial charge in [0.25, 0.3) is 0 Å². The summed E-state index contributed by atoms with van der Waals surface area (Å²) < 4.78 is 5.16. The average molecular weight is 141 g/mol.